The predicted molar refractivity (Wildman–Crippen MR) is 65.7 cm³/mol. The number of carboxylic acids is 1. The molecule has 1 N–H and O–H groups in total. The first-order valence-corrected chi connectivity index (χ1v) is 6.69. The summed E-state index contributed by atoms with van der Waals surface area (Å²) in [5, 5.41) is 8.96. The van der Waals surface area contributed by atoms with Gasteiger partial charge < -0.3 is 10.0 Å². The number of nitrogens with zero attached hydrogens (tertiary/aromatic N) is 1. The molecule has 0 spiro atoms. The highest BCUT2D eigenvalue weighted by Crippen LogP contribution is 2.22. The van der Waals surface area contributed by atoms with Crippen LogP contribution in [0.1, 0.15) is 5.56 Å². The van der Waals surface area contributed by atoms with Gasteiger partial charge in [0.15, 0.2) is 11.6 Å². The zero-order valence-electron chi connectivity index (χ0n) is 9.81. The van der Waals surface area contributed by atoms with Crippen molar-refractivity contribution < 1.29 is 23.5 Å². The van der Waals surface area contributed by atoms with Crippen molar-refractivity contribution in [3.05, 3.63) is 35.4 Å². The number of amides is 1. The smallest absolute Gasteiger partial charge is 0.327 e. The van der Waals surface area contributed by atoms with Crippen molar-refractivity contribution in [3.63, 3.8) is 0 Å². The van der Waals surface area contributed by atoms with E-state index in [2.05, 4.69) is 0 Å². The number of rotatable bonds is 3. The molecule has 19 heavy (non-hydrogen) atoms. The second-order valence-electron chi connectivity index (χ2n) is 4.11. The van der Waals surface area contributed by atoms with Crippen LogP contribution in [0.2, 0.25) is 0 Å². The summed E-state index contributed by atoms with van der Waals surface area (Å²) in [6, 6.07) is 2.70. The van der Waals surface area contributed by atoms with Crippen LogP contribution in [-0.2, 0) is 16.0 Å². The van der Waals surface area contributed by atoms with Crippen LogP contribution in [0, 0.1) is 11.6 Å². The molecule has 1 aliphatic heterocycles. The molecule has 0 bridgehead atoms. The van der Waals surface area contributed by atoms with Gasteiger partial charge in [-0.2, -0.15) is 0 Å². The van der Waals surface area contributed by atoms with E-state index in [4.69, 9.17) is 5.11 Å². The Hall–Kier alpha value is -1.63. The molecule has 1 aromatic carbocycles. The highest BCUT2D eigenvalue weighted by Gasteiger charge is 2.34. The topological polar surface area (TPSA) is 57.6 Å². The lowest BCUT2D eigenvalue weighted by molar-refractivity contribution is -0.147. The van der Waals surface area contributed by atoms with E-state index in [0.717, 1.165) is 6.07 Å². The molecule has 0 saturated carbocycles. The van der Waals surface area contributed by atoms with Crippen LogP contribution in [0.15, 0.2) is 18.2 Å². The predicted octanol–water partition coefficient (Wildman–Crippen LogP) is 1.49. The van der Waals surface area contributed by atoms with Crippen molar-refractivity contribution in [2.45, 2.75) is 12.5 Å². The Bertz CT molecular complexity index is 524. The summed E-state index contributed by atoms with van der Waals surface area (Å²) in [7, 11) is 0. The summed E-state index contributed by atoms with van der Waals surface area (Å²) in [6.45, 7) is 0. The maximum atomic E-state index is 13.4. The maximum absolute atomic E-state index is 13.4. The third kappa shape index (κ3) is 2.86. The van der Waals surface area contributed by atoms with Crippen LogP contribution in [0.5, 0.6) is 0 Å². The molecule has 1 fully saturated rings. The van der Waals surface area contributed by atoms with Crippen LogP contribution in [0.3, 0.4) is 0 Å². The molecule has 1 saturated heterocycles. The molecule has 1 heterocycles. The SMILES string of the molecule is O=C(O)[C@@H]1CSCN1C(=O)Cc1cccc(F)c1F. The highest BCUT2D eigenvalue weighted by molar-refractivity contribution is 7.99. The number of thioether (sulfide) groups is 1. The Morgan fingerprint density at radius 2 is 2.16 bits per heavy atom. The molecular formula is C12H11F2NO3S. The molecule has 0 unspecified atom stereocenters. The van der Waals surface area contributed by atoms with E-state index in [1.807, 2.05) is 0 Å². The maximum Gasteiger partial charge on any atom is 0.327 e. The molecule has 1 atom stereocenters. The summed E-state index contributed by atoms with van der Waals surface area (Å²) in [6.07, 6.45) is -0.339. The Balaban J connectivity index is 2.13. The number of benzene rings is 1. The standard InChI is InChI=1S/C12H11F2NO3S/c13-8-3-1-2-7(11(8)14)4-10(16)15-6-19-5-9(15)12(17)18/h1-3,9H,4-6H2,(H,17,18)/t9-/m0/s1. The van der Waals surface area contributed by atoms with Crippen molar-refractivity contribution in [3.8, 4) is 0 Å². The van der Waals surface area contributed by atoms with Gasteiger partial charge >= 0.3 is 5.97 Å². The number of aliphatic carboxylic acids is 1. The van der Waals surface area contributed by atoms with Gasteiger partial charge in [0.25, 0.3) is 0 Å². The lowest BCUT2D eigenvalue weighted by Crippen LogP contribution is -2.42. The molecule has 102 valence electrons. The van der Waals surface area contributed by atoms with Gasteiger partial charge in [0, 0.05) is 11.3 Å². The number of carbonyl (C=O) groups is 2. The lowest BCUT2D eigenvalue weighted by atomic mass is 10.1. The van der Waals surface area contributed by atoms with E-state index >= 15 is 0 Å². The van der Waals surface area contributed by atoms with Crippen LogP contribution in [-0.4, -0.2) is 39.6 Å². The minimum absolute atomic E-state index is 0.0639. The van der Waals surface area contributed by atoms with Gasteiger partial charge in [0.2, 0.25) is 5.91 Å². The Morgan fingerprint density at radius 3 is 2.84 bits per heavy atom. The Labute approximate surface area is 112 Å². The number of hydrogen-bond acceptors (Lipinski definition) is 3. The summed E-state index contributed by atoms with van der Waals surface area (Å²) in [4.78, 5) is 24.1. The number of carbonyl (C=O) groups excluding carboxylic acids is 1. The number of halogens is 2. The minimum Gasteiger partial charge on any atom is -0.480 e. The Kier molecular flexibility index (Phi) is 4.04. The van der Waals surface area contributed by atoms with Gasteiger partial charge in [-0.05, 0) is 6.07 Å². The zero-order chi connectivity index (χ0) is 14.0. The van der Waals surface area contributed by atoms with E-state index in [9.17, 15) is 18.4 Å². The molecule has 0 radical (unpaired) electrons. The fourth-order valence-electron chi connectivity index (χ4n) is 1.84. The molecule has 1 aromatic rings. The third-order valence-corrected chi connectivity index (χ3v) is 3.87. The van der Waals surface area contributed by atoms with Gasteiger partial charge in [-0.1, -0.05) is 12.1 Å². The quantitative estimate of drug-likeness (QED) is 0.915. The summed E-state index contributed by atoms with van der Waals surface area (Å²) < 4.78 is 26.5. The van der Waals surface area contributed by atoms with E-state index in [-0.39, 0.29) is 17.9 Å². The third-order valence-electron chi connectivity index (χ3n) is 2.86. The number of hydrogen-bond donors (Lipinski definition) is 1. The zero-order valence-corrected chi connectivity index (χ0v) is 10.6. The van der Waals surface area contributed by atoms with Gasteiger partial charge in [-0.3, -0.25) is 4.79 Å². The van der Waals surface area contributed by atoms with E-state index < -0.39 is 29.6 Å². The van der Waals surface area contributed by atoms with Gasteiger partial charge in [-0.25, -0.2) is 13.6 Å². The highest BCUT2D eigenvalue weighted by atomic mass is 32.2. The first-order chi connectivity index (χ1) is 9.00. The number of carboxylic acid groups (broad SMARTS) is 1. The molecular weight excluding hydrogens is 276 g/mol. The van der Waals surface area contributed by atoms with Gasteiger partial charge in [0.05, 0.1) is 12.3 Å². The average Bonchev–Trinajstić information content (AvgIpc) is 2.84. The molecule has 2 rings (SSSR count). The monoisotopic (exact) mass is 287 g/mol. The summed E-state index contributed by atoms with van der Waals surface area (Å²) in [5.41, 5.74) is -0.0639. The minimum atomic E-state index is -1.09. The summed E-state index contributed by atoms with van der Waals surface area (Å²) in [5.74, 6) is -3.11. The van der Waals surface area contributed by atoms with E-state index in [1.165, 1.54) is 28.8 Å². The molecule has 0 aromatic heterocycles. The van der Waals surface area contributed by atoms with Crippen molar-refractivity contribution in [1.29, 1.82) is 0 Å². The van der Waals surface area contributed by atoms with Crippen molar-refractivity contribution in [1.82, 2.24) is 4.90 Å². The summed E-state index contributed by atoms with van der Waals surface area (Å²) >= 11 is 1.32. The first-order valence-electron chi connectivity index (χ1n) is 5.53. The van der Waals surface area contributed by atoms with Crippen molar-refractivity contribution in [2.75, 3.05) is 11.6 Å². The molecule has 7 heteroatoms. The van der Waals surface area contributed by atoms with E-state index in [1.54, 1.807) is 0 Å². The fourth-order valence-corrected chi connectivity index (χ4v) is 3.01. The van der Waals surface area contributed by atoms with Crippen LogP contribution in [0.25, 0.3) is 0 Å². The lowest BCUT2D eigenvalue weighted by Gasteiger charge is -2.20. The molecule has 1 amide bonds. The van der Waals surface area contributed by atoms with E-state index in [0.29, 0.717) is 5.75 Å². The normalized spacial score (nSPS) is 18.6. The largest absolute Gasteiger partial charge is 0.480 e. The average molecular weight is 287 g/mol. The second kappa shape index (κ2) is 5.56. The second-order valence-corrected chi connectivity index (χ2v) is 5.11. The van der Waals surface area contributed by atoms with Crippen LogP contribution >= 0.6 is 11.8 Å². The molecule has 0 aliphatic carbocycles. The van der Waals surface area contributed by atoms with Crippen molar-refractivity contribution >= 4 is 23.6 Å². The Morgan fingerprint density at radius 1 is 1.42 bits per heavy atom. The van der Waals surface area contributed by atoms with Gasteiger partial charge in [-0.15, -0.1) is 11.8 Å². The first kappa shape index (κ1) is 13.8. The van der Waals surface area contributed by atoms with Crippen LogP contribution in [0.4, 0.5) is 8.78 Å². The van der Waals surface area contributed by atoms with Crippen LogP contribution < -0.4 is 0 Å². The molecule has 4 nitrogen and oxygen atoms in total. The fraction of sp³-hybridized carbons (Fsp3) is 0.333. The van der Waals surface area contributed by atoms with Gasteiger partial charge in [0.1, 0.15) is 6.04 Å². The molecule has 1 aliphatic rings. The van der Waals surface area contributed by atoms with Crippen molar-refractivity contribution in [2.24, 2.45) is 0 Å².